The zero-order valence-electron chi connectivity index (χ0n) is 6.22. The van der Waals surface area contributed by atoms with E-state index < -0.39 is 5.97 Å². The molecule has 0 saturated heterocycles. The minimum Gasteiger partial charge on any atom is -0.512 e. The predicted octanol–water partition coefficient (Wildman–Crippen LogP) is 1.70. The normalized spacial score (nSPS) is 12.6. The van der Waals surface area contributed by atoms with Gasteiger partial charge in [0.05, 0.1) is 5.57 Å². The van der Waals surface area contributed by atoms with Gasteiger partial charge in [-0.15, -0.1) is 0 Å². The first-order chi connectivity index (χ1) is 4.59. The highest BCUT2D eigenvalue weighted by Gasteiger charge is 2.05. The molecule has 3 heteroatoms. The van der Waals surface area contributed by atoms with Crippen molar-refractivity contribution < 1.29 is 15.0 Å². The molecule has 10 heavy (non-hydrogen) atoms. The maximum atomic E-state index is 10.2. The standard InChI is InChI=1S/C7H12O3/c1-3-4-6(8)5(2)7(9)10/h8H,3-4H2,1-2H3,(H,9,10). The first kappa shape index (κ1) is 9.01. The number of aliphatic carboxylic acids is 1. The summed E-state index contributed by atoms with van der Waals surface area (Å²) in [4.78, 5) is 10.2. The van der Waals surface area contributed by atoms with E-state index in [-0.39, 0.29) is 11.3 Å². The zero-order valence-corrected chi connectivity index (χ0v) is 6.22. The molecule has 0 aliphatic heterocycles. The molecule has 2 N–H and O–H groups in total. The van der Waals surface area contributed by atoms with Crippen LogP contribution in [0.4, 0.5) is 0 Å². The number of carboxylic acid groups (broad SMARTS) is 1. The summed E-state index contributed by atoms with van der Waals surface area (Å²) in [6.45, 7) is 3.28. The number of aliphatic hydroxyl groups is 1. The predicted molar refractivity (Wildman–Crippen MR) is 37.9 cm³/mol. The molecule has 0 amide bonds. The highest BCUT2D eigenvalue weighted by Crippen LogP contribution is 2.06. The van der Waals surface area contributed by atoms with Gasteiger partial charge in [-0.1, -0.05) is 6.92 Å². The minimum atomic E-state index is -1.05. The van der Waals surface area contributed by atoms with E-state index in [2.05, 4.69) is 0 Å². The number of carbonyl (C=O) groups is 1. The Bertz CT molecular complexity index is 158. The van der Waals surface area contributed by atoms with E-state index in [0.29, 0.717) is 6.42 Å². The first-order valence-electron chi connectivity index (χ1n) is 3.21. The molecule has 0 aromatic carbocycles. The van der Waals surface area contributed by atoms with Gasteiger partial charge in [0.1, 0.15) is 5.76 Å². The van der Waals surface area contributed by atoms with Gasteiger partial charge in [0.25, 0.3) is 0 Å². The van der Waals surface area contributed by atoms with Crippen molar-refractivity contribution in [1.29, 1.82) is 0 Å². The molecule has 0 aliphatic carbocycles. The van der Waals surface area contributed by atoms with Crippen LogP contribution < -0.4 is 0 Å². The molecule has 0 unspecified atom stereocenters. The maximum Gasteiger partial charge on any atom is 0.334 e. The van der Waals surface area contributed by atoms with Gasteiger partial charge < -0.3 is 10.2 Å². The second-order valence-electron chi connectivity index (χ2n) is 2.13. The summed E-state index contributed by atoms with van der Waals surface area (Å²) >= 11 is 0. The van der Waals surface area contributed by atoms with Crippen molar-refractivity contribution >= 4 is 5.97 Å². The van der Waals surface area contributed by atoms with Crippen LogP contribution in [0.25, 0.3) is 0 Å². The van der Waals surface area contributed by atoms with Crippen molar-refractivity contribution in [3.8, 4) is 0 Å². The Labute approximate surface area is 60.0 Å². The molecule has 0 heterocycles. The second kappa shape index (κ2) is 3.93. The lowest BCUT2D eigenvalue weighted by molar-refractivity contribution is -0.132. The molecule has 3 nitrogen and oxygen atoms in total. The maximum absolute atomic E-state index is 10.2. The van der Waals surface area contributed by atoms with Gasteiger partial charge in [-0.3, -0.25) is 0 Å². The Kier molecular flexibility index (Phi) is 3.54. The summed E-state index contributed by atoms with van der Waals surface area (Å²) < 4.78 is 0. The molecular formula is C7H12O3. The van der Waals surface area contributed by atoms with Gasteiger partial charge in [0.15, 0.2) is 0 Å². The second-order valence-corrected chi connectivity index (χ2v) is 2.13. The number of allylic oxidation sites excluding steroid dienone is 1. The lowest BCUT2D eigenvalue weighted by Crippen LogP contribution is -2.00. The van der Waals surface area contributed by atoms with Crippen molar-refractivity contribution in [2.24, 2.45) is 0 Å². The van der Waals surface area contributed by atoms with Gasteiger partial charge in [-0.05, 0) is 13.3 Å². The number of carboxylic acids is 1. The summed E-state index contributed by atoms with van der Waals surface area (Å²) in [6.07, 6.45) is 1.20. The number of hydrogen-bond acceptors (Lipinski definition) is 2. The van der Waals surface area contributed by atoms with Crippen molar-refractivity contribution in [2.45, 2.75) is 26.7 Å². The summed E-state index contributed by atoms with van der Waals surface area (Å²) in [5.74, 6) is -1.07. The Morgan fingerprint density at radius 3 is 2.20 bits per heavy atom. The third-order valence-electron chi connectivity index (χ3n) is 1.24. The van der Waals surface area contributed by atoms with E-state index in [1.165, 1.54) is 6.92 Å². The molecule has 0 radical (unpaired) electrons. The van der Waals surface area contributed by atoms with Crippen LogP contribution in [-0.2, 0) is 4.79 Å². The van der Waals surface area contributed by atoms with Crippen LogP contribution in [0.2, 0.25) is 0 Å². The van der Waals surface area contributed by atoms with E-state index >= 15 is 0 Å². The third-order valence-corrected chi connectivity index (χ3v) is 1.24. The third kappa shape index (κ3) is 2.53. The number of rotatable bonds is 3. The monoisotopic (exact) mass is 144 g/mol. The van der Waals surface area contributed by atoms with Gasteiger partial charge in [0.2, 0.25) is 0 Å². The van der Waals surface area contributed by atoms with Crippen LogP contribution in [-0.4, -0.2) is 16.2 Å². The number of aliphatic hydroxyl groups excluding tert-OH is 1. The molecule has 0 spiro atoms. The summed E-state index contributed by atoms with van der Waals surface area (Å²) in [5.41, 5.74) is 0.0434. The summed E-state index contributed by atoms with van der Waals surface area (Å²) in [6, 6.07) is 0. The molecule has 0 atom stereocenters. The summed E-state index contributed by atoms with van der Waals surface area (Å²) in [5, 5.41) is 17.3. The van der Waals surface area contributed by atoms with Crippen LogP contribution in [0.3, 0.4) is 0 Å². The van der Waals surface area contributed by atoms with Crippen LogP contribution >= 0.6 is 0 Å². The lowest BCUT2D eigenvalue weighted by atomic mass is 10.2. The summed E-state index contributed by atoms with van der Waals surface area (Å²) in [7, 11) is 0. The van der Waals surface area contributed by atoms with Crippen LogP contribution in [0.15, 0.2) is 11.3 Å². The Morgan fingerprint density at radius 1 is 1.40 bits per heavy atom. The minimum absolute atomic E-state index is 0.0185. The Hall–Kier alpha value is -0.990. The fourth-order valence-electron chi connectivity index (χ4n) is 0.548. The molecule has 0 fully saturated rings. The highest BCUT2D eigenvalue weighted by molar-refractivity contribution is 5.86. The lowest BCUT2D eigenvalue weighted by Gasteiger charge is -1.98. The molecule has 0 aliphatic rings. The topological polar surface area (TPSA) is 57.5 Å². The van der Waals surface area contributed by atoms with Gasteiger partial charge >= 0.3 is 5.97 Å². The SMILES string of the molecule is CCCC(O)=C(C)C(=O)O. The molecule has 0 rings (SSSR count). The van der Waals surface area contributed by atoms with Gasteiger partial charge in [-0.2, -0.15) is 0 Å². The van der Waals surface area contributed by atoms with Crippen LogP contribution in [0.5, 0.6) is 0 Å². The van der Waals surface area contributed by atoms with Crippen molar-refractivity contribution in [1.82, 2.24) is 0 Å². The van der Waals surface area contributed by atoms with Crippen molar-refractivity contribution in [3.05, 3.63) is 11.3 Å². The van der Waals surface area contributed by atoms with E-state index in [1.54, 1.807) is 0 Å². The highest BCUT2D eigenvalue weighted by atomic mass is 16.4. The average molecular weight is 144 g/mol. The molecular weight excluding hydrogens is 132 g/mol. The van der Waals surface area contributed by atoms with Crippen LogP contribution in [0, 0.1) is 0 Å². The number of hydrogen-bond donors (Lipinski definition) is 2. The first-order valence-corrected chi connectivity index (χ1v) is 3.21. The molecule has 0 aromatic rings. The molecule has 0 saturated carbocycles. The average Bonchev–Trinajstić information content (AvgIpc) is 1.87. The van der Waals surface area contributed by atoms with Gasteiger partial charge in [-0.25, -0.2) is 4.79 Å². The van der Waals surface area contributed by atoms with E-state index in [9.17, 15) is 4.79 Å². The largest absolute Gasteiger partial charge is 0.512 e. The van der Waals surface area contributed by atoms with Gasteiger partial charge in [0, 0.05) is 6.42 Å². The fraction of sp³-hybridized carbons (Fsp3) is 0.571. The fourth-order valence-corrected chi connectivity index (χ4v) is 0.548. The smallest absolute Gasteiger partial charge is 0.334 e. The quantitative estimate of drug-likeness (QED) is 0.468. The Morgan fingerprint density at radius 2 is 1.90 bits per heavy atom. The van der Waals surface area contributed by atoms with Crippen molar-refractivity contribution in [2.75, 3.05) is 0 Å². The molecule has 0 bridgehead atoms. The van der Waals surface area contributed by atoms with E-state index in [0.717, 1.165) is 6.42 Å². The zero-order chi connectivity index (χ0) is 8.15. The van der Waals surface area contributed by atoms with Crippen LogP contribution in [0.1, 0.15) is 26.7 Å². The Balaban J connectivity index is 4.19. The molecule has 58 valence electrons. The van der Waals surface area contributed by atoms with Crippen molar-refractivity contribution in [3.63, 3.8) is 0 Å². The van der Waals surface area contributed by atoms with E-state index in [1.807, 2.05) is 6.92 Å². The molecule has 0 aromatic heterocycles. The van der Waals surface area contributed by atoms with E-state index in [4.69, 9.17) is 10.2 Å².